The summed E-state index contributed by atoms with van der Waals surface area (Å²) in [6.07, 6.45) is 0. The molecule has 0 aliphatic rings. The zero-order valence-electron chi connectivity index (χ0n) is 10.8. The van der Waals surface area contributed by atoms with Crippen LogP contribution in [-0.4, -0.2) is 22.1 Å². The van der Waals surface area contributed by atoms with Gasteiger partial charge in [-0.25, -0.2) is 4.79 Å². The van der Waals surface area contributed by atoms with Crippen LogP contribution in [0.25, 0.3) is 11.1 Å². The van der Waals surface area contributed by atoms with Crippen LogP contribution in [0, 0.1) is 10.1 Å². The topological polar surface area (TPSA) is 90.3 Å². The number of benzene rings is 1. The fraction of sp³-hybridized carbons (Fsp3) is 0.417. The highest BCUT2D eigenvalue weighted by molar-refractivity contribution is 5.75. The Hall–Kier alpha value is -2.15. The monoisotopic (exact) mass is 265 g/mol. The second kappa shape index (κ2) is 5.23. The van der Waals surface area contributed by atoms with Crippen molar-refractivity contribution in [3.05, 3.63) is 38.9 Å². The first kappa shape index (κ1) is 13.3. The molecule has 0 radical (unpaired) electrons. The molecule has 0 atom stereocenters. The number of nitrogens with zero attached hydrogens (tertiary/aromatic N) is 2. The van der Waals surface area contributed by atoms with E-state index < -0.39 is 10.7 Å². The average molecular weight is 265 g/mol. The Morgan fingerprint density at radius 3 is 2.84 bits per heavy atom. The molecule has 19 heavy (non-hydrogen) atoms. The second-order valence-corrected chi connectivity index (χ2v) is 4.54. The largest absolute Gasteiger partial charge is 0.419 e. The van der Waals surface area contributed by atoms with E-state index in [1.807, 2.05) is 13.8 Å². The molecule has 0 bridgehead atoms. The third-order valence-corrected chi connectivity index (χ3v) is 2.75. The smallest absolute Gasteiger partial charge is 0.408 e. The van der Waals surface area contributed by atoms with Gasteiger partial charge in [0.2, 0.25) is 0 Å². The standard InChI is InChI=1S/C12H15N3O4/c1-8(2)13-5-6-14-10-7-9(15(17)18)3-4-11(10)19-12(14)16/h3-4,7-8,13H,5-6H2,1-2H3. The molecule has 0 aliphatic carbocycles. The fourth-order valence-electron chi connectivity index (χ4n) is 1.84. The normalized spacial score (nSPS) is 11.3. The Bertz CT molecular complexity index is 657. The predicted molar refractivity (Wildman–Crippen MR) is 70.3 cm³/mol. The second-order valence-electron chi connectivity index (χ2n) is 4.54. The van der Waals surface area contributed by atoms with E-state index in [-0.39, 0.29) is 5.69 Å². The first-order chi connectivity index (χ1) is 8.99. The molecule has 1 heterocycles. The van der Waals surface area contributed by atoms with Gasteiger partial charge in [-0.2, -0.15) is 0 Å². The molecule has 0 unspecified atom stereocenters. The number of hydrogen-bond acceptors (Lipinski definition) is 5. The van der Waals surface area contributed by atoms with E-state index in [4.69, 9.17) is 4.42 Å². The van der Waals surface area contributed by atoms with Crippen LogP contribution in [0.3, 0.4) is 0 Å². The van der Waals surface area contributed by atoms with Gasteiger partial charge in [-0.1, -0.05) is 13.8 Å². The SMILES string of the molecule is CC(C)NCCn1c(=O)oc2ccc([N+](=O)[O-])cc21. The molecule has 1 aromatic heterocycles. The Labute approximate surface area is 109 Å². The number of aromatic nitrogens is 1. The summed E-state index contributed by atoms with van der Waals surface area (Å²) < 4.78 is 6.45. The zero-order chi connectivity index (χ0) is 14.0. The van der Waals surface area contributed by atoms with Gasteiger partial charge in [-0.15, -0.1) is 0 Å². The number of rotatable bonds is 5. The molecule has 0 saturated heterocycles. The van der Waals surface area contributed by atoms with Crippen molar-refractivity contribution in [2.45, 2.75) is 26.4 Å². The maximum Gasteiger partial charge on any atom is 0.419 e. The molecule has 102 valence electrons. The molecule has 7 heteroatoms. The van der Waals surface area contributed by atoms with Crippen molar-refractivity contribution in [2.75, 3.05) is 6.54 Å². The molecule has 7 nitrogen and oxygen atoms in total. The molecular weight excluding hydrogens is 250 g/mol. The molecule has 2 aromatic rings. The van der Waals surface area contributed by atoms with Gasteiger partial charge in [0.05, 0.1) is 10.4 Å². The minimum Gasteiger partial charge on any atom is -0.408 e. The van der Waals surface area contributed by atoms with E-state index >= 15 is 0 Å². The molecule has 2 rings (SSSR count). The Kier molecular flexibility index (Phi) is 3.66. The van der Waals surface area contributed by atoms with E-state index in [1.165, 1.54) is 22.8 Å². The minimum atomic E-state index is -0.499. The van der Waals surface area contributed by atoms with Crippen molar-refractivity contribution >= 4 is 16.8 Å². The predicted octanol–water partition coefficient (Wildman–Crippen LogP) is 1.50. The fourth-order valence-corrected chi connectivity index (χ4v) is 1.84. The van der Waals surface area contributed by atoms with Crippen molar-refractivity contribution < 1.29 is 9.34 Å². The van der Waals surface area contributed by atoms with Crippen LogP contribution in [0.2, 0.25) is 0 Å². The molecule has 0 saturated carbocycles. The summed E-state index contributed by atoms with van der Waals surface area (Å²) in [6, 6.07) is 4.43. The first-order valence-corrected chi connectivity index (χ1v) is 6.00. The van der Waals surface area contributed by atoms with Gasteiger partial charge in [-0.3, -0.25) is 14.7 Å². The summed E-state index contributed by atoms with van der Waals surface area (Å²) in [4.78, 5) is 21.9. The van der Waals surface area contributed by atoms with Gasteiger partial charge >= 0.3 is 5.76 Å². The maximum absolute atomic E-state index is 11.7. The van der Waals surface area contributed by atoms with Gasteiger partial charge in [0, 0.05) is 31.3 Å². The average Bonchev–Trinajstić information content (AvgIpc) is 2.64. The Balaban J connectivity index is 2.36. The van der Waals surface area contributed by atoms with Crippen molar-refractivity contribution in [3.63, 3.8) is 0 Å². The number of oxazole rings is 1. The van der Waals surface area contributed by atoms with Gasteiger partial charge in [0.1, 0.15) is 0 Å². The van der Waals surface area contributed by atoms with Crippen LogP contribution in [0.5, 0.6) is 0 Å². The van der Waals surface area contributed by atoms with Gasteiger partial charge in [-0.05, 0) is 6.07 Å². The highest BCUT2D eigenvalue weighted by atomic mass is 16.6. The van der Waals surface area contributed by atoms with E-state index in [0.717, 1.165) is 0 Å². The number of nitro benzene ring substituents is 1. The molecule has 1 aromatic carbocycles. The summed E-state index contributed by atoms with van der Waals surface area (Å²) >= 11 is 0. The minimum absolute atomic E-state index is 0.0566. The number of hydrogen-bond donors (Lipinski definition) is 1. The van der Waals surface area contributed by atoms with Gasteiger partial charge in [0.25, 0.3) is 5.69 Å². The van der Waals surface area contributed by atoms with Crippen molar-refractivity contribution in [2.24, 2.45) is 0 Å². The van der Waals surface area contributed by atoms with Gasteiger partial charge in [0.15, 0.2) is 5.58 Å². The molecule has 0 fully saturated rings. The summed E-state index contributed by atoms with van der Waals surface area (Å²) in [5, 5.41) is 13.9. The quantitative estimate of drug-likeness (QED) is 0.653. The van der Waals surface area contributed by atoms with Crippen molar-refractivity contribution in [1.82, 2.24) is 9.88 Å². The Morgan fingerprint density at radius 1 is 1.47 bits per heavy atom. The molecule has 0 amide bonds. The number of nitro groups is 1. The van der Waals surface area contributed by atoms with Crippen LogP contribution < -0.4 is 11.1 Å². The molecule has 0 spiro atoms. The first-order valence-electron chi connectivity index (χ1n) is 6.00. The Morgan fingerprint density at radius 2 is 2.21 bits per heavy atom. The van der Waals surface area contributed by atoms with Crippen LogP contribution in [0.15, 0.2) is 27.4 Å². The van der Waals surface area contributed by atoms with Gasteiger partial charge < -0.3 is 9.73 Å². The van der Waals surface area contributed by atoms with Crippen molar-refractivity contribution in [1.29, 1.82) is 0 Å². The third-order valence-electron chi connectivity index (χ3n) is 2.75. The highest BCUT2D eigenvalue weighted by Gasteiger charge is 2.13. The highest BCUT2D eigenvalue weighted by Crippen LogP contribution is 2.19. The van der Waals surface area contributed by atoms with Crippen LogP contribution in [-0.2, 0) is 6.54 Å². The summed E-state index contributed by atoms with van der Waals surface area (Å²) in [5.41, 5.74) is 0.753. The lowest BCUT2D eigenvalue weighted by Gasteiger charge is -2.07. The van der Waals surface area contributed by atoms with E-state index in [1.54, 1.807) is 0 Å². The van der Waals surface area contributed by atoms with Crippen LogP contribution >= 0.6 is 0 Å². The summed E-state index contributed by atoms with van der Waals surface area (Å²) in [5.74, 6) is -0.499. The molecule has 0 aliphatic heterocycles. The van der Waals surface area contributed by atoms with E-state index in [0.29, 0.717) is 30.2 Å². The maximum atomic E-state index is 11.7. The molecule has 1 N–H and O–H groups in total. The summed E-state index contributed by atoms with van der Waals surface area (Å²) in [6.45, 7) is 5.00. The third kappa shape index (κ3) is 2.82. The lowest BCUT2D eigenvalue weighted by atomic mass is 10.3. The lowest BCUT2D eigenvalue weighted by molar-refractivity contribution is -0.384. The van der Waals surface area contributed by atoms with E-state index in [9.17, 15) is 14.9 Å². The zero-order valence-corrected chi connectivity index (χ0v) is 10.8. The van der Waals surface area contributed by atoms with Crippen molar-refractivity contribution in [3.8, 4) is 0 Å². The molecular formula is C12H15N3O4. The number of nitrogens with one attached hydrogen (secondary N) is 1. The summed E-state index contributed by atoms with van der Waals surface area (Å²) in [7, 11) is 0. The van der Waals surface area contributed by atoms with E-state index in [2.05, 4.69) is 5.32 Å². The number of non-ortho nitro benzene ring substituents is 1. The lowest BCUT2D eigenvalue weighted by Crippen LogP contribution is -2.29. The number of fused-ring (bicyclic) bond motifs is 1. The van der Waals surface area contributed by atoms with Crippen LogP contribution in [0.4, 0.5) is 5.69 Å². The van der Waals surface area contributed by atoms with Crippen LogP contribution in [0.1, 0.15) is 13.8 Å².